The van der Waals surface area contributed by atoms with Gasteiger partial charge in [0, 0.05) is 18.6 Å². The molecule has 1 heterocycles. The molecule has 1 fully saturated rings. The van der Waals surface area contributed by atoms with Crippen molar-refractivity contribution >= 4 is 40.7 Å². The first kappa shape index (κ1) is 16.0. The molecule has 0 aliphatic carbocycles. The highest BCUT2D eigenvalue weighted by Crippen LogP contribution is 2.25. The van der Waals surface area contributed by atoms with Crippen LogP contribution in [0.5, 0.6) is 0 Å². The Morgan fingerprint density at radius 3 is 2.55 bits per heavy atom. The van der Waals surface area contributed by atoms with Crippen LogP contribution in [0.15, 0.2) is 0 Å². The van der Waals surface area contributed by atoms with E-state index in [4.69, 9.17) is 10.8 Å². The van der Waals surface area contributed by atoms with Crippen molar-refractivity contribution in [3.8, 4) is 0 Å². The summed E-state index contributed by atoms with van der Waals surface area (Å²) in [5.74, 6) is -3.29. The number of aliphatic carboxylic acids is 1. The summed E-state index contributed by atoms with van der Waals surface area (Å²) in [5, 5.41) is 9.96. The summed E-state index contributed by atoms with van der Waals surface area (Å²) in [7, 11) is 0. The number of nitrogens with one attached hydrogen (secondary N) is 1. The lowest BCUT2D eigenvalue weighted by atomic mass is 10.2. The second kappa shape index (κ2) is 6.89. The van der Waals surface area contributed by atoms with E-state index in [1.165, 1.54) is 0 Å². The minimum atomic E-state index is -1.23. The van der Waals surface area contributed by atoms with Gasteiger partial charge in [-0.25, -0.2) is 0 Å². The number of imide groups is 1. The molecule has 20 heavy (non-hydrogen) atoms. The first-order valence-corrected chi connectivity index (χ1v) is 6.58. The normalized spacial score (nSPS) is 17.9. The zero-order valence-electron chi connectivity index (χ0n) is 10.3. The molecule has 0 radical (unpaired) electrons. The number of rotatable bonds is 6. The van der Waals surface area contributed by atoms with E-state index in [2.05, 4.69) is 5.32 Å². The van der Waals surface area contributed by atoms with Crippen LogP contribution < -0.4 is 11.1 Å². The first-order valence-electron chi connectivity index (χ1n) is 5.59. The molecular weight excluding hydrogens is 290 g/mol. The number of primary amides is 1. The molecule has 0 spiro atoms. The molecule has 10 heteroatoms. The number of nitrogens with zero attached hydrogens (tertiary/aromatic N) is 1. The summed E-state index contributed by atoms with van der Waals surface area (Å²) in [6.45, 7) is -0.600. The molecule has 1 saturated heterocycles. The fraction of sp³-hybridized carbons (Fsp3) is 0.500. The Morgan fingerprint density at radius 1 is 1.35 bits per heavy atom. The van der Waals surface area contributed by atoms with Crippen molar-refractivity contribution in [2.24, 2.45) is 5.73 Å². The third kappa shape index (κ3) is 4.23. The van der Waals surface area contributed by atoms with Crippen molar-refractivity contribution in [1.82, 2.24) is 10.2 Å². The SMILES string of the molecule is NC(=O)CCC(=O)N1C(=O)SCC1C(=O)NCC(=O)O. The zero-order chi connectivity index (χ0) is 15.3. The molecule has 0 aromatic heterocycles. The van der Waals surface area contributed by atoms with Gasteiger partial charge in [0.05, 0.1) is 0 Å². The van der Waals surface area contributed by atoms with E-state index >= 15 is 0 Å². The van der Waals surface area contributed by atoms with Crippen LogP contribution in [0.2, 0.25) is 0 Å². The molecule has 0 aromatic carbocycles. The van der Waals surface area contributed by atoms with Gasteiger partial charge in [-0.15, -0.1) is 0 Å². The maximum Gasteiger partial charge on any atom is 0.322 e. The Kier molecular flexibility index (Phi) is 5.50. The average Bonchev–Trinajstić information content (AvgIpc) is 2.75. The number of amides is 4. The topological polar surface area (TPSA) is 147 Å². The Hall–Kier alpha value is -2.10. The van der Waals surface area contributed by atoms with Crippen LogP contribution in [0.1, 0.15) is 12.8 Å². The number of hydrogen-bond acceptors (Lipinski definition) is 6. The molecule has 1 unspecified atom stereocenters. The average molecular weight is 303 g/mol. The molecule has 110 valence electrons. The van der Waals surface area contributed by atoms with Gasteiger partial charge in [0.25, 0.3) is 5.24 Å². The largest absolute Gasteiger partial charge is 0.480 e. The third-order valence-corrected chi connectivity index (χ3v) is 3.37. The van der Waals surface area contributed by atoms with E-state index < -0.39 is 41.5 Å². The fourth-order valence-corrected chi connectivity index (χ4v) is 2.49. The number of carboxylic acid groups (broad SMARTS) is 1. The van der Waals surface area contributed by atoms with Crippen molar-refractivity contribution in [3.05, 3.63) is 0 Å². The fourth-order valence-electron chi connectivity index (χ4n) is 1.52. The molecule has 4 amide bonds. The van der Waals surface area contributed by atoms with Gasteiger partial charge >= 0.3 is 5.97 Å². The molecule has 0 bridgehead atoms. The maximum absolute atomic E-state index is 11.8. The van der Waals surface area contributed by atoms with Gasteiger partial charge < -0.3 is 16.2 Å². The zero-order valence-corrected chi connectivity index (χ0v) is 11.1. The second-order valence-corrected chi connectivity index (χ2v) is 4.91. The Morgan fingerprint density at radius 2 is 2.00 bits per heavy atom. The Balaban J connectivity index is 2.67. The number of nitrogens with two attached hydrogens (primary N) is 1. The Labute approximate surface area is 117 Å². The summed E-state index contributed by atoms with van der Waals surface area (Å²) in [6.07, 6.45) is -0.499. The highest BCUT2D eigenvalue weighted by Gasteiger charge is 2.40. The minimum Gasteiger partial charge on any atom is -0.480 e. The van der Waals surface area contributed by atoms with Crippen molar-refractivity contribution in [2.45, 2.75) is 18.9 Å². The van der Waals surface area contributed by atoms with Crippen LogP contribution in [-0.2, 0) is 19.2 Å². The van der Waals surface area contributed by atoms with E-state index in [0.29, 0.717) is 0 Å². The summed E-state index contributed by atoms with van der Waals surface area (Å²) in [6, 6.07) is -1.06. The van der Waals surface area contributed by atoms with Gasteiger partial charge in [-0.3, -0.25) is 28.9 Å². The van der Waals surface area contributed by atoms with E-state index in [-0.39, 0.29) is 18.6 Å². The van der Waals surface area contributed by atoms with Gasteiger partial charge in [0.2, 0.25) is 17.7 Å². The number of carboxylic acids is 1. The molecule has 9 nitrogen and oxygen atoms in total. The molecule has 0 aromatic rings. The van der Waals surface area contributed by atoms with E-state index in [1.54, 1.807) is 0 Å². The van der Waals surface area contributed by atoms with Crippen molar-refractivity contribution in [3.63, 3.8) is 0 Å². The van der Waals surface area contributed by atoms with Gasteiger partial charge in [-0.1, -0.05) is 11.8 Å². The summed E-state index contributed by atoms with van der Waals surface area (Å²) < 4.78 is 0. The number of hydrogen-bond donors (Lipinski definition) is 3. The Bertz CT molecular complexity index is 466. The smallest absolute Gasteiger partial charge is 0.322 e. The highest BCUT2D eigenvalue weighted by atomic mass is 32.2. The van der Waals surface area contributed by atoms with Crippen molar-refractivity contribution in [1.29, 1.82) is 0 Å². The number of carbonyl (C=O) groups excluding carboxylic acids is 4. The van der Waals surface area contributed by atoms with Crippen LogP contribution in [-0.4, -0.2) is 57.3 Å². The molecule has 0 saturated carbocycles. The van der Waals surface area contributed by atoms with Crippen molar-refractivity contribution < 1.29 is 29.1 Å². The van der Waals surface area contributed by atoms with Gasteiger partial charge in [0.15, 0.2) is 0 Å². The predicted molar refractivity (Wildman–Crippen MR) is 67.6 cm³/mol. The van der Waals surface area contributed by atoms with Crippen LogP contribution in [0.4, 0.5) is 4.79 Å². The lowest BCUT2D eigenvalue weighted by molar-refractivity contribution is -0.139. The van der Waals surface area contributed by atoms with Crippen LogP contribution in [0.3, 0.4) is 0 Å². The van der Waals surface area contributed by atoms with Gasteiger partial charge in [-0.05, 0) is 0 Å². The van der Waals surface area contributed by atoms with Crippen LogP contribution in [0.25, 0.3) is 0 Å². The molecule has 1 atom stereocenters. The number of carbonyl (C=O) groups is 5. The minimum absolute atomic E-state index is 0.0482. The van der Waals surface area contributed by atoms with E-state index in [0.717, 1.165) is 16.7 Å². The predicted octanol–water partition coefficient (Wildman–Crippen LogP) is -1.48. The standard InChI is InChI=1S/C10H13N3O6S/c11-6(14)1-2-7(15)13-5(4-20-10(13)19)9(18)12-3-8(16)17/h5H,1-4H2,(H2,11,14)(H,12,18)(H,16,17). The quantitative estimate of drug-likeness (QED) is 0.542. The highest BCUT2D eigenvalue weighted by molar-refractivity contribution is 8.14. The monoisotopic (exact) mass is 303 g/mol. The molecule has 1 rings (SSSR count). The summed E-state index contributed by atoms with van der Waals surface area (Å²) in [5.41, 5.74) is 4.91. The third-order valence-electron chi connectivity index (χ3n) is 2.44. The van der Waals surface area contributed by atoms with Crippen LogP contribution >= 0.6 is 11.8 Å². The van der Waals surface area contributed by atoms with Crippen molar-refractivity contribution in [2.75, 3.05) is 12.3 Å². The van der Waals surface area contributed by atoms with E-state index in [9.17, 15) is 24.0 Å². The molecular formula is C10H13N3O6S. The summed E-state index contributed by atoms with van der Waals surface area (Å²) in [4.78, 5) is 56.8. The number of thioether (sulfide) groups is 1. The maximum atomic E-state index is 11.8. The lowest BCUT2D eigenvalue weighted by Crippen LogP contribution is -2.49. The molecule has 1 aliphatic rings. The first-order chi connectivity index (χ1) is 9.32. The summed E-state index contributed by atoms with van der Waals surface area (Å²) >= 11 is 0.780. The van der Waals surface area contributed by atoms with Gasteiger partial charge in [-0.2, -0.15) is 0 Å². The lowest BCUT2D eigenvalue weighted by Gasteiger charge is -2.20. The van der Waals surface area contributed by atoms with E-state index in [1.807, 2.05) is 0 Å². The molecule has 1 aliphatic heterocycles. The molecule has 4 N–H and O–H groups in total. The van der Waals surface area contributed by atoms with Gasteiger partial charge in [0.1, 0.15) is 12.6 Å². The van der Waals surface area contributed by atoms with Crippen LogP contribution in [0, 0.1) is 0 Å². The second-order valence-electron chi connectivity index (χ2n) is 3.93.